The van der Waals surface area contributed by atoms with Gasteiger partial charge in [0, 0.05) is 30.7 Å². The van der Waals surface area contributed by atoms with E-state index in [1.807, 2.05) is 41.2 Å². The Morgan fingerprint density at radius 2 is 1.78 bits per heavy atom. The minimum atomic E-state index is -0.199. The van der Waals surface area contributed by atoms with Gasteiger partial charge in [0.15, 0.2) is 5.52 Å². The largest absolute Gasteiger partial charge is 0.324 e. The van der Waals surface area contributed by atoms with Crippen molar-refractivity contribution in [1.82, 2.24) is 19.5 Å². The van der Waals surface area contributed by atoms with Gasteiger partial charge < -0.3 is 9.55 Å². The molecular weight excluding hydrogens is 288 g/mol. The van der Waals surface area contributed by atoms with Crippen molar-refractivity contribution in [2.75, 3.05) is 0 Å². The molecule has 23 heavy (non-hydrogen) atoms. The van der Waals surface area contributed by atoms with E-state index in [4.69, 9.17) is 0 Å². The second-order valence-electron chi connectivity index (χ2n) is 5.32. The first-order valence-electron chi connectivity index (χ1n) is 7.36. The van der Waals surface area contributed by atoms with Crippen molar-refractivity contribution in [2.24, 2.45) is 0 Å². The monoisotopic (exact) mass is 302 g/mol. The van der Waals surface area contributed by atoms with Gasteiger partial charge in [-0.1, -0.05) is 12.1 Å². The minimum absolute atomic E-state index is 0.199. The lowest BCUT2D eigenvalue weighted by atomic mass is 10.1. The highest BCUT2D eigenvalue weighted by Crippen LogP contribution is 2.12. The predicted octanol–water partition coefficient (Wildman–Crippen LogP) is 2.70. The van der Waals surface area contributed by atoms with E-state index in [0.717, 1.165) is 11.3 Å². The third-order valence-electron chi connectivity index (χ3n) is 3.73. The van der Waals surface area contributed by atoms with Crippen LogP contribution in [0.2, 0.25) is 0 Å². The molecule has 5 nitrogen and oxygen atoms in total. The molecule has 0 radical (unpaired) electrons. The number of aromatic nitrogens is 4. The number of aromatic amines is 1. The maximum atomic E-state index is 12.0. The van der Waals surface area contributed by atoms with Crippen LogP contribution in [0.5, 0.6) is 0 Å². The fourth-order valence-corrected chi connectivity index (χ4v) is 2.60. The molecule has 0 aliphatic rings. The Hall–Kier alpha value is -3.21. The maximum absolute atomic E-state index is 12.0. The Morgan fingerprint density at radius 1 is 1.00 bits per heavy atom. The zero-order valence-electron chi connectivity index (χ0n) is 12.3. The Labute approximate surface area is 132 Å². The first-order valence-corrected chi connectivity index (χ1v) is 7.36. The summed E-state index contributed by atoms with van der Waals surface area (Å²) in [7, 11) is 0. The van der Waals surface area contributed by atoms with Crippen LogP contribution >= 0.6 is 0 Å². The molecule has 0 atom stereocenters. The van der Waals surface area contributed by atoms with Crippen LogP contribution in [0.1, 0.15) is 11.4 Å². The molecule has 0 spiro atoms. The third kappa shape index (κ3) is 2.64. The average Bonchev–Trinajstić information content (AvgIpc) is 3.10. The van der Waals surface area contributed by atoms with Gasteiger partial charge in [0.2, 0.25) is 0 Å². The molecule has 1 N–H and O–H groups in total. The van der Waals surface area contributed by atoms with Crippen LogP contribution < -0.4 is 5.56 Å². The average molecular weight is 302 g/mol. The van der Waals surface area contributed by atoms with E-state index in [1.165, 1.54) is 0 Å². The number of benzene rings is 1. The SMILES string of the molecule is O=c1[nH]c(Cc2ccc(-n3cccc3)cc2)nc2cccnc12. The minimum Gasteiger partial charge on any atom is -0.324 e. The van der Waals surface area contributed by atoms with Crippen molar-refractivity contribution in [3.63, 3.8) is 0 Å². The lowest BCUT2D eigenvalue weighted by molar-refractivity contribution is 0.965. The van der Waals surface area contributed by atoms with Crippen LogP contribution in [-0.4, -0.2) is 19.5 Å². The molecule has 1 aromatic carbocycles. The number of H-pyrrole nitrogens is 1. The van der Waals surface area contributed by atoms with E-state index in [1.54, 1.807) is 18.3 Å². The Balaban J connectivity index is 1.64. The molecule has 0 unspecified atom stereocenters. The quantitative estimate of drug-likeness (QED) is 0.633. The van der Waals surface area contributed by atoms with Gasteiger partial charge in [0.05, 0.1) is 5.52 Å². The van der Waals surface area contributed by atoms with E-state index in [-0.39, 0.29) is 5.56 Å². The van der Waals surface area contributed by atoms with E-state index >= 15 is 0 Å². The molecule has 0 saturated carbocycles. The summed E-state index contributed by atoms with van der Waals surface area (Å²) in [4.78, 5) is 23.4. The van der Waals surface area contributed by atoms with Crippen LogP contribution in [0, 0.1) is 0 Å². The highest BCUT2D eigenvalue weighted by Gasteiger charge is 2.05. The number of hydrogen-bond donors (Lipinski definition) is 1. The molecule has 4 rings (SSSR count). The van der Waals surface area contributed by atoms with Gasteiger partial charge in [-0.3, -0.25) is 4.79 Å². The Bertz CT molecular complexity index is 1000. The van der Waals surface area contributed by atoms with Crippen molar-refractivity contribution in [3.8, 4) is 5.69 Å². The second-order valence-corrected chi connectivity index (χ2v) is 5.32. The summed E-state index contributed by atoms with van der Waals surface area (Å²) in [5, 5.41) is 0. The Morgan fingerprint density at radius 3 is 2.57 bits per heavy atom. The smallest absolute Gasteiger partial charge is 0.277 e. The highest BCUT2D eigenvalue weighted by atomic mass is 16.1. The lowest BCUT2D eigenvalue weighted by Gasteiger charge is -2.06. The first-order chi connectivity index (χ1) is 11.3. The van der Waals surface area contributed by atoms with Crippen molar-refractivity contribution in [1.29, 1.82) is 0 Å². The first kappa shape index (κ1) is 13.5. The predicted molar refractivity (Wildman–Crippen MR) is 88.7 cm³/mol. The summed E-state index contributed by atoms with van der Waals surface area (Å²) in [5.74, 6) is 0.643. The molecule has 0 aliphatic heterocycles. The molecule has 0 aliphatic carbocycles. The van der Waals surface area contributed by atoms with E-state index < -0.39 is 0 Å². The van der Waals surface area contributed by atoms with Gasteiger partial charge in [-0.25, -0.2) is 9.97 Å². The second kappa shape index (κ2) is 5.53. The molecule has 0 amide bonds. The van der Waals surface area contributed by atoms with Crippen LogP contribution in [0.15, 0.2) is 71.9 Å². The van der Waals surface area contributed by atoms with Crippen LogP contribution in [0.25, 0.3) is 16.7 Å². The van der Waals surface area contributed by atoms with Crippen molar-refractivity contribution >= 4 is 11.0 Å². The summed E-state index contributed by atoms with van der Waals surface area (Å²) in [6.45, 7) is 0. The summed E-state index contributed by atoms with van der Waals surface area (Å²) < 4.78 is 2.05. The molecule has 0 fully saturated rings. The van der Waals surface area contributed by atoms with E-state index in [9.17, 15) is 4.79 Å². The zero-order valence-corrected chi connectivity index (χ0v) is 12.3. The zero-order chi connectivity index (χ0) is 15.6. The standard InChI is InChI=1S/C18H14N4O/c23-18-17-15(4-3-9-19-17)20-16(21-18)12-13-5-7-14(8-6-13)22-10-1-2-11-22/h1-11H,12H2,(H,20,21,23). The van der Waals surface area contributed by atoms with Gasteiger partial charge in [-0.05, 0) is 42.0 Å². The molecule has 3 heterocycles. The number of nitrogens with zero attached hydrogens (tertiary/aromatic N) is 3. The van der Waals surface area contributed by atoms with Gasteiger partial charge in [0.1, 0.15) is 5.82 Å². The topological polar surface area (TPSA) is 63.6 Å². The molecule has 5 heteroatoms. The fourth-order valence-electron chi connectivity index (χ4n) is 2.60. The van der Waals surface area contributed by atoms with Crippen molar-refractivity contribution < 1.29 is 0 Å². The highest BCUT2D eigenvalue weighted by molar-refractivity contribution is 5.72. The normalized spacial score (nSPS) is 11.0. The van der Waals surface area contributed by atoms with Gasteiger partial charge in [-0.2, -0.15) is 0 Å². The summed E-state index contributed by atoms with van der Waals surface area (Å²) in [6.07, 6.45) is 6.18. The van der Waals surface area contributed by atoms with Crippen molar-refractivity contribution in [2.45, 2.75) is 6.42 Å². The molecule has 4 aromatic rings. The lowest BCUT2D eigenvalue weighted by Crippen LogP contribution is -2.13. The van der Waals surface area contributed by atoms with Crippen LogP contribution in [-0.2, 0) is 6.42 Å². The summed E-state index contributed by atoms with van der Waals surface area (Å²) in [6, 6.07) is 15.8. The number of nitrogens with one attached hydrogen (secondary N) is 1. The molecule has 0 saturated heterocycles. The van der Waals surface area contributed by atoms with Gasteiger partial charge in [-0.15, -0.1) is 0 Å². The molecule has 112 valence electrons. The summed E-state index contributed by atoms with van der Waals surface area (Å²) in [5.41, 5.74) is 2.99. The van der Waals surface area contributed by atoms with Crippen LogP contribution in [0.4, 0.5) is 0 Å². The Kier molecular flexibility index (Phi) is 3.24. The molecular formula is C18H14N4O. The number of rotatable bonds is 3. The van der Waals surface area contributed by atoms with Gasteiger partial charge >= 0.3 is 0 Å². The van der Waals surface area contributed by atoms with E-state index in [0.29, 0.717) is 23.3 Å². The van der Waals surface area contributed by atoms with E-state index in [2.05, 4.69) is 27.1 Å². The van der Waals surface area contributed by atoms with Gasteiger partial charge in [0.25, 0.3) is 5.56 Å². The maximum Gasteiger partial charge on any atom is 0.277 e. The third-order valence-corrected chi connectivity index (χ3v) is 3.73. The van der Waals surface area contributed by atoms with Crippen LogP contribution in [0.3, 0.4) is 0 Å². The molecule has 0 bridgehead atoms. The fraction of sp³-hybridized carbons (Fsp3) is 0.0556. The number of pyridine rings is 1. The van der Waals surface area contributed by atoms with Crippen molar-refractivity contribution in [3.05, 3.63) is 88.9 Å². The number of fused-ring (bicyclic) bond motifs is 1. The molecule has 3 aromatic heterocycles. The number of hydrogen-bond acceptors (Lipinski definition) is 3. The summed E-state index contributed by atoms with van der Waals surface area (Å²) >= 11 is 0.